The predicted molar refractivity (Wildman–Crippen MR) is 67.0 cm³/mol. The Kier molecular flexibility index (Phi) is 6.75. The quantitative estimate of drug-likeness (QED) is 0.787. The summed E-state index contributed by atoms with van der Waals surface area (Å²) in [6, 6.07) is 0. The highest BCUT2D eigenvalue weighted by molar-refractivity contribution is 5.78. The number of carbonyl (C=O) groups excluding carboxylic acids is 1. The van der Waals surface area contributed by atoms with Crippen LogP contribution in [0.15, 0.2) is 0 Å². The van der Waals surface area contributed by atoms with Crippen LogP contribution in [0.4, 0.5) is 13.2 Å². The van der Waals surface area contributed by atoms with Gasteiger partial charge >= 0.3 is 6.18 Å². The van der Waals surface area contributed by atoms with Gasteiger partial charge in [0.15, 0.2) is 0 Å². The van der Waals surface area contributed by atoms with E-state index >= 15 is 0 Å². The van der Waals surface area contributed by atoms with E-state index in [1.165, 1.54) is 7.11 Å². The van der Waals surface area contributed by atoms with Gasteiger partial charge in [-0.2, -0.15) is 13.2 Å². The van der Waals surface area contributed by atoms with Crippen molar-refractivity contribution in [1.29, 1.82) is 0 Å². The van der Waals surface area contributed by atoms with Gasteiger partial charge < -0.3 is 15.2 Å². The Morgan fingerprint density at radius 3 is 2.45 bits per heavy atom. The minimum atomic E-state index is -4.15. The lowest BCUT2D eigenvalue weighted by atomic mass is 9.81. The summed E-state index contributed by atoms with van der Waals surface area (Å²) in [5.41, 5.74) is 0. The van der Waals surface area contributed by atoms with E-state index in [4.69, 9.17) is 4.74 Å². The third kappa shape index (κ3) is 5.66. The van der Waals surface area contributed by atoms with E-state index in [0.717, 1.165) is 0 Å². The molecule has 0 aromatic carbocycles. The monoisotopic (exact) mass is 297 g/mol. The molecular weight excluding hydrogens is 275 g/mol. The van der Waals surface area contributed by atoms with Gasteiger partial charge in [-0.1, -0.05) is 0 Å². The summed E-state index contributed by atoms with van der Waals surface area (Å²) in [5.74, 6) is -1.82. The number of ether oxygens (including phenoxy) is 1. The van der Waals surface area contributed by atoms with Crippen molar-refractivity contribution in [3.63, 3.8) is 0 Å². The van der Waals surface area contributed by atoms with Crippen LogP contribution in [0.2, 0.25) is 0 Å². The number of aliphatic hydroxyl groups is 1. The second-order valence-electron chi connectivity index (χ2n) is 5.28. The van der Waals surface area contributed by atoms with Crippen molar-refractivity contribution in [3.8, 4) is 0 Å². The van der Waals surface area contributed by atoms with Crippen LogP contribution in [0.25, 0.3) is 0 Å². The van der Waals surface area contributed by atoms with Crippen molar-refractivity contribution < 1.29 is 27.8 Å². The van der Waals surface area contributed by atoms with E-state index in [9.17, 15) is 23.1 Å². The van der Waals surface area contributed by atoms with Crippen molar-refractivity contribution in [2.45, 2.75) is 44.4 Å². The molecule has 0 saturated heterocycles. The molecule has 20 heavy (non-hydrogen) atoms. The Hall–Kier alpha value is -0.820. The number of hydrogen-bond acceptors (Lipinski definition) is 3. The molecule has 1 atom stereocenters. The van der Waals surface area contributed by atoms with E-state index in [2.05, 4.69) is 5.32 Å². The maximum atomic E-state index is 12.5. The van der Waals surface area contributed by atoms with Crippen LogP contribution >= 0.6 is 0 Å². The Balaban J connectivity index is 2.23. The Morgan fingerprint density at radius 1 is 1.35 bits per heavy atom. The van der Waals surface area contributed by atoms with Gasteiger partial charge in [0.2, 0.25) is 5.91 Å². The molecule has 0 aromatic rings. The minimum Gasteiger partial charge on any atom is -0.391 e. The van der Waals surface area contributed by atoms with E-state index < -0.39 is 18.2 Å². The highest BCUT2D eigenvalue weighted by Crippen LogP contribution is 2.39. The van der Waals surface area contributed by atoms with Gasteiger partial charge in [-0.05, 0) is 32.1 Å². The number of alkyl halides is 3. The second kappa shape index (κ2) is 7.83. The van der Waals surface area contributed by atoms with Gasteiger partial charge in [0.25, 0.3) is 0 Å². The molecule has 1 aliphatic carbocycles. The van der Waals surface area contributed by atoms with Crippen LogP contribution in [0.5, 0.6) is 0 Å². The van der Waals surface area contributed by atoms with Crippen molar-refractivity contribution in [2.24, 2.45) is 11.8 Å². The molecule has 1 unspecified atom stereocenters. The fraction of sp³-hybridized carbons (Fsp3) is 0.923. The third-order valence-corrected chi connectivity index (χ3v) is 3.70. The first-order valence-electron chi connectivity index (χ1n) is 6.86. The molecule has 118 valence electrons. The van der Waals surface area contributed by atoms with Gasteiger partial charge in [0.1, 0.15) is 0 Å². The summed E-state index contributed by atoms with van der Waals surface area (Å²) in [5, 5.41) is 12.1. The lowest BCUT2D eigenvalue weighted by Crippen LogP contribution is -2.37. The zero-order valence-corrected chi connectivity index (χ0v) is 11.6. The number of methoxy groups -OCH3 is 1. The van der Waals surface area contributed by atoms with Crippen LogP contribution in [-0.4, -0.2) is 43.6 Å². The van der Waals surface area contributed by atoms with E-state index in [0.29, 0.717) is 13.0 Å². The molecule has 0 aromatic heterocycles. The van der Waals surface area contributed by atoms with Crippen LogP contribution in [-0.2, 0) is 9.53 Å². The van der Waals surface area contributed by atoms with Gasteiger partial charge in [0, 0.05) is 19.6 Å². The average molecular weight is 297 g/mol. The number of nitrogens with one attached hydrogen (secondary N) is 1. The van der Waals surface area contributed by atoms with Gasteiger partial charge in [-0.3, -0.25) is 4.79 Å². The second-order valence-corrected chi connectivity index (χ2v) is 5.28. The zero-order chi connectivity index (χ0) is 15.2. The summed E-state index contributed by atoms with van der Waals surface area (Å²) >= 11 is 0. The first-order chi connectivity index (χ1) is 9.34. The molecule has 0 spiro atoms. The number of amides is 1. The number of halogens is 3. The van der Waals surface area contributed by atoms with Crippen molar-refractivity contribution in [3.05, 3.63) is 0 Å². The van der Waals surface area contributed by atoms with Crippen molar-refractivity contribution in [1.82, 2.24) is 5.32 Å². The molecular formula is C13H22F3NO3. The van der Waals surface area contributed by atoms with Gasteiger partial charge in [-0.15, -0.1) is 0 Å². The summed E-state index contributed by atoms with van der Waals surface area (Å²) in [6.07, 6.45) is -3.82. The molecule has 0 aliphatic heterocycles. The average Bonchev–Trinajstić information content (AvgIpc) is 2.38. The Morgan fingerprint density at radius 2 is 1.95 bits per heavy atom. The first-order valence-corrected chi connectivity index (χ1v) is 6.86. The summed E-state index contributed by atoms with van der Waals surface area (Å²) in [6.45, 7) is 0.509. The van der Waals surface area contributed by atoms with Crippen molar-refractivity contribution >= 4 is 5.91 Å². The first kappa shape index (κ1) is 17.2. The molecule has 1 aliphatic rings. The lowest BCUT2D eigenvalue weighted by molar-refractivity contribution is -0.184. The van der Waals surface area contributed by atoms with Crippen LogP contribution in [0.1, 0.15) is 32.1 Å². The van der Waals surface area contributed by atoms with Crippen LogP contribution in [0, 0.1) is 11.8 Å². The molecule has 4 nitrogen and oxygen atoms in total. The highest BCUT2D eigenvalue weighted by Gasteiger charge is 2.42. The summed E-state index contributed by atoms with van der Waals surface area (Å²) < 4.78 is 42.2. The topological polar surface area (TPSA) is 58.6 Å². The Bertz CT molecular complexity index is 302. The summed E-state index contributed by atoms with van der Waals surface area (Å²) in [7, 11) is 1.47. The molecule has 2 N–H and O–H groups in total. The number of aliphatic hydroxyl groups excluding tert-OH is 1. The number of hydrogen-bond donors (Lipinski definition) is 2. The summed E-state index contributed by atoms with van der Waals surface area (Å²) in [4.78, 5) is 11.8. The molecule has 1 saturated carbocycles. The van der Waals surface area contributed by atoms with Crippen LogP contribution < -0.4 is 5.32 Å². The third-order valence-electron chi connectivity index (χ3n) is 3.70. The van der Waals surface area contributed by atoms with Crippen LogP contribution in [0.3, 0.4) is 0 Å². The molecule has 1 fully saturated rings. The normalized spacial score (nSPS) is 25.2. The smallest absolute Gasteiger partial charge is 0.391 e. The molecule has 7 heteroatoms. The Labute approximate surface area is 116 Å². The fourth-order valence-electron chi connectivity index (χ4n) is 2.46. The largest absolute Gasteiger partial charge is 0.391 e. The molecule has 0 heterocycles. The van der Waals surface area contributed by atoms with E-state index in [-0.39, 0.29) is 44.1 Å². The van der Waals surface area contributed by atoms with Gasteiger partial charge in [0.05, 0.1) is 18.6 Å². The van der Waals surface area contributed by atoms with E-state index in [1.807, 2.05) is 0 Å². The number of rotatable bonds is 6. The fourth-order valence-corrected chi connectivity index (χ4v) is 2.46. The minimum absolute atomic E-state index is 0.0217. The van der Waals surface area contributed by atoms with Gasteiger partial charge in [-0.25, -0.2) is 0 Å². The maximum Gasteiger partial charge on any atom is 0.391 e. The van der Waals surface area contributed by atoms with Crippen molar-refractivity contribution in [2.75, 3.05) is 20.3 Å². The molecule has 0 radical (unpaired) electrons. The lowest BCUT2D eigenvalue weighted by Gasteiger charge is -2.29. The maximum absolute atomic E-state index is 12.5. The highest BCUT2D eigenvalue weighted by atomic mass is 19.4. The standard InChI is InChI=1S/C13H22F3NO3/c1-20-8-11(18)6-7-17-12(19)9-2-4-10(5-3-9)13(14,15)16/h9-11,18H,2-8H2,1H3,(H,17,19). The van der Waals surface area contributed by atoms with E-state index in [1.54, 1.807) is 0 Å². The predicted octanol–water partition coefficient (Wildman–Crippen LogP) is 1.87. The number of carbonyl (C=O) groups is 1. The molecule has 0 bridgehead atoms. The molecule has 1 amide bonds. The molecule has 1 rings (SSSR count). The SMILES string of the molecule is COCC(O)CCNC(=O)C1CCC(C(F)(F)F)CC1. The zero-order valence-electron chi connectivity index (χ0n) is 11.6.